The summed E-state index contributed by atoms with van der Waals surface area (Å²) in [5.41, 5.74) is 5.49. The van der Waals surface area contributed by atoms with Crippen LogP contribution in [0.4, 0.5) is 13.2 Å². The topological polar surface area (TPSA) is 55.5 Å². The highest BCUT2D eigenvalue weighted by atomic mass is 35.5. The Balaban J connectivity index is 0.00000180. The number of phenols is 1. The van der Waals surface area contributed by atoms with Gasteiger partial charge < -0.3 is 15.6 Å². The lowest BCUT2D eigenvalue weighted by Crippen LogP contribution is -2.28. The summed E-state index contributed by atoms with van der Waals surface area (Å²) in [6.07, 6.45) is 1.19. The second kappa shape index (κ2) is 6.45. The highest BCUT2D eigenvalue weighted by Gasteiger charge is 2.29. The number of halogens is 4. The van der Waals surface area contributed by atoms with Gasteiger partial charge in [-0.3, -0.25) is 0 Å². The van der Waals surface area contributed by atoms with Crippen LogP contribution in [0.5, 0.6) is 5.75 Å². The van der Waals surface area contributed by atoms with Crippen LogP contribution >= 0.6 is 12.4 Å². The van der Waals surface area contributed by atoms with Gasteiger partial charge in [0, 0.05) is 30.9 Å². The molecule has 0 aliphatic carbocycles. The molecule has 2 rings (SSSR count). The molecule has 108 valence electrons. The van der Waals surface area contributed by atoms with E-state index in [4.69, 9.17) is 10.5 Å². The molecule has 0 bridgehead atoms. The van der Waals surface area contributed by atoms with E-state index in [0.717, 1.165) is 0 Å². The van der Waals surface area contributed by atoms with Crippen LogP contribution in [0.15, 0.2) is 6.07 Å². The summed E-state index contributed by atoms with van der Waals surface area (Å²) in [6.45, 7) is 0.981. The average Bonchev–Trinajstić information content (AvgIpc) is 2.37. The smallest absolute Gasteiger partial charge is 0.195 e. The molecule has 0 amide bonds. The van der Waals surface area contributed by atoms with Crippen LogP contribution in [-0.4, -0.2) is 18.3 Å². The van der Waals surface area contributed by atoms with Gasteiger partial charge in [0.15, 0.2) is 17.5 Å². The monoisotopic (exact) mass is 297 g/mol. The summed E-state index contributed by atoms with van der Waals surface area (Å²) in [6, 6.07) is -0.323. The number of nitrogens with two attached hydrogens (primary N) is 1. The zero-order chi connectivity index (χ0) is 13.3. The van der Waals surface area contributed by atoms with Gasteiger partial charge in [-0.25, -0.2) is 13.2 Å². The predicted molar refractivity (Wildman–Crippen MR) is 65.7 cm³/mol. The van der Waals surface area contributed by atoms with E-state index in [9.17, 15) is 18.3 Å². The van der Waals surface area contributed by atoms with Crippen molar-refractivity contribution < 1.29 is 23.0 Å². The quantitative estimate of drug-likeness (QED) is 0.825. The molecule has 1 aromatic rings. The molecule has 0 spiro atoms. The molecule has 0 aromatic heterocycles. The summed E-state index contributed by atoms with van der Waals surface area (Å²) in [4.78, 5) is 0. The summed E-state index contributed by atoms with van der Waals surface area (Å²) in [7, 11) is 0. The predicted octanol–water partition coefficient (Wildman–Crippen LogP) is 2.66. The Bertz CT molecular complexity index is 453. The second-order valence-electron chi connectivity index (χ2n) is 4.39. The van der Waals surface area contributed by atoms with Gasteiger partial charge in [0.25, 0.3) is 0 Å². The average molecular weight is 298 g/mol. The van der Waals surface area contributed by atoms with Crippen molar-refractivity contribution in [1.82, 2.24) is 0 Å². The first kappa shape index (κ1) is 16.1. The fourth-order valence-corrected chi connectivity index (χ4v) is 2.22. The molecular weight excluding hydrogens is 283 g/mol. The Kier molecular flexibility index (Phi) is 5.46. The van der Waals surface area contributed by atoms with Gasteiger partial charge in [-0.15, -0.1) is 12.4 Å². The molecule has 1 aliphatic heterocycles. The first-order valence-corrected chi connectivity index (χ1v) is 5.72. The van der Waals surface area contributed by atoms with E-state index in [-0.39, 0.29) is 23.9 Å². The Hall–Kier alpha value is -0.980. The van der Waals surface area contributed by atoms with Crippen LogP contribution in [0.2, 0.25) is 0 Å². The highest BCUT2D eigenvalue weighted by molar-refractivity contribution is 5.85. The van der Waals surface area contributed by atoms with Crippen LogP contribution < -0.4 is 5.73 Å². The van der Waals surface area contributed by atoms with Gasteiger partial charge >= 0.3 is 0 Å². The number of ether oxygens (including phenoxy) is 1. The standard InChI is InChI=1S/C12H14F3NO2.ClH/c13-7-5-8(17)9(11(15)10(7)14)12(16)6-1-3-18-4-2-6;/h5-6,12,17H,1-4,16H2;1H/t12-;/m1./s1. The first-order valence-electron chi connectivity index (χ1n) is 5.72. The Morgan fingerprint density at radius 1 is 1.21 bits per heavy atom. The Labute approximate surface area is 115 Å². The SMILES string of the molecule is Cl.N[C@@H](c1c(O)cc(F)c(F)c1F)C1CCOCC1. The van der Waals surface area contributed by atoms with E-state index in [2.05, 4.69) is 0 Å². The molecule has 7 heteroatoms. The summed E-state index contributed by atoms with van der Waals surface area (Å²) in [5.74, 6) is -5.21. The van der Waals surface area contributed by atoms with Gasteiger partial charge in [0.05, 0.1) is 0 Å². The van der Waals surface area contributed by atoms with E-state index >= 15 is 0 Å². The minimum Gasteiger partial charge on any atom is -0.507 e. The lowest BCUT2D eigenvalue weighted by molar-refractivity contribution is 0.0576. The van der Waals surface area contributed by atoms with Crippen molar-refractivity contribution in [3.8, 4) is 5.75 Å². The zero-order valence-electron chi connectivity index (χ0n) is 10.0. The van der Waals surface area contributed by atoms with E-state index in [1.165, 1.54) is 0 Å². The van der Waals surface area contributed by atoms with Crippen LogP contribution in [-0.2, 0) is 4.74 Å². The molecule has 1 aliphatic rings. The molecule has 1 aromatic carbocycles. The van der Waals surface area contributed by atoms with Crippen LogP contribution in [0.1, 0.15) is 24.4 Å². The fourth-order valence-electron chi connectivity index (χ4n) is 2.22. The molecule has 3 N–H and O–H groups in total. The van der Waals surface area contributed by atoms with Crippen molar-refractivity contribution >= 4 is 12.4 Å². The molecule has 1 fully saturated rings. The molecule has 0 unspecified atom stereocenters. The Morgan fingerprint density at radius 2 is 1.79 bits per heavy atom. The van der Waals surface area contributed by atoms with Gasteiger partial charge in [0.1, 0.15) is 5.75 Å². The van der Waals surface area contributed by atoms with Gasteiger partial charge in [-0.05, 0) is 18.8 Å². The normalized spacial score (nSPS) is 17.9. The molecule has 0 radical (unpaired) electrons. The minimum atomic E-state index is -1.61. The third-order valence-corrected chi connectivity index (χ3v) is 3.29. The Morgan fingerprint density at radius 3 is 2.37 bits per heavy atom. The van der Waals surface area contributed by atoms with E-state index in [1.54, 1.807) is 0 Å². The van der Waals surface area contributed by atoms with Crippen molar-refractivity contribution in [1.29, 1.82) is 0 Å². The summed E-state index contributed by atoms with van der Waals surface area (Å²) >= 11 is 0. The lowest BCUT2D eigenvalue weighted by atomic mass is 9.87. The number of aromatic hydroxyl groups is 1. The maximum atomic E-state index is 13.6. The van der Waals surface area contributed by atoms with Gasteiger partial charge in [-0.2, -0.15) is 0 Å². The highest BCUT2D eigenvalue weighted by Crippen LogP contribution is 2.36. The van der Waals surface area contributed by atoms with Gasteiger partial charge in [-0.1, -0.05) is 0 Å². The number of hydrogen-bond donors (Lipinski definition) is 2. The fraction of sp³-hybridized carbons (Fsp3) is 0.500. The van der Waals surface area contributed by atoms with Gasteiger partial charge in [0.2, 0.25) is 0 Å². The number of phenolic OH excluding ortho intramolecular Hbond substituents is 1. The van der Waals surface area contributed by atoms with E-state index in [1.807, 2.05) is 0 Å². The zero-order valence-corrected chi connectivity index (χ0v) is 10.9. The minimum absolute atomic E-state index is 0. The van der Waals surface area contributed by atoms with Crippen LogP contribution in [0.25, 0.3) is 0 Å². The van der Waals surface area contributed by atoms with Crippen molar-refractivity contribution in [2.75, 3.05) is 13.2 Å². The van der Waals surface area contributed by atoms with E-state index < -0.39 is 29.2 Å². The van der Waals surface area contributed by atoms with Crippen LogP contribution in [0, 0.1) is 23.4 Å². The maximum Gasteiger partial charge on any atom is 0.195 e. The second-order valence-corrected chi connectivity index (χ2v) is 4.39. The van der Waals surface area contributed by atoms with Crippen molar-refractivity contribution in [2.45, 2.75) is 18.9 Å². The van der Waals surface area contributed by atoms with Crippen molar-refractivity contribution in [3.05, 3.63) is 29.1 Å². The summed E-state index contributed by atoms with van der Waals surface area (Å²) in [5, 5.41) is 9.54. The third-order valence-electron chi connectivity index (χ3n) is 3.29. The summed E-state index contributed by atoms with van der Waals surface area (Å²) < 4.78 is 44.8. The van der Waals surface area contributed by atoms with E-state index in [0.29, 0.717) is 32.1 Å². The molecule has 19 heavy (non-hydrogen) atoms. The van der Waals surface area contributed by atoms with Crippen molar-refractivity contribution in [2.24, 2.45) is 11.7 Å². The number of rotatable bonds is 2. The third kappa shape index (κ3) is 3.13. The number of benzene rings is 1. The molecule has 3 nitrogen and oxygen atoms in total. The number of hydrogen-bond acceptors (Lipinski definition) is 3. The molecular formula is C12H15ClF3NO2. The van der Waals surface area contributed by atoms with Crippen molar-refractivity contribution in [3.63, 3.8) is 0 Å². The molecule has 1 heterocycles. The lowest BCUT2D eigenvalue weighted by Gasteiger charge is -2.28. The maximum absolute atomic E-state index is 13.6. The molecule has 1 atom stereocenters. The molecule has 0 saturated carbocycles. The largest absolute Gasteiger partial charge is 0.507 e. The van der Waals surface area contributed by atoms with Crippen LogP contribution in [0.3, 0.4) is 0 Å². The first-order chi connectivity index (χ1) is 8.52. The molecule has 1 saturated heterocycles.